The van der Waals surface area contributed by atoms with Crippen molar-refractivity contribution in [2.24, 2.45) is 0 Å². The van der Waals surface area contributed by atoms with Gasteiger partial charge in [0.15, 0.2) is 0 Å². The number of amides is 4. The number of nitrogens with zero attached hydrogens (tertiary/aromatic N) is 4. The van der Waals surface area contributed by atoms with Crippen LogP contribution in [0.3, 0.4) is 0 Å². The molecule has 0 aromatic heterocycles. The zero-order chi connectivity index (χ0) is 27.4. The molecule has 2 aliphatic rings. The Bertz CT molecular complexity index is 1320. The molecule has 2 fully saturated rings. The van der Waals surface area contributed by atoms with Crippen LogP contribution in [0, 0.1) is 0 Å². The Morgan fingerprint density at radius 3 is 2.23 bits per heavy atom. The van der Waals surface area contributed by atoms with Crippen molar-refractivity contribution in [3.63, 3.8) is 0 Å². The number of urea groups is 1. The van der Waals surface area contributed by atoms with E-state index in [1.165, 1.54) is 0 Å². The highest BCUT2D eigenvalue weighted by molar-refractivity contribution is 6.31. The second-order valence-electron chi connectivity index (χ2n) is 9.77. The van der Waals surface area contributed by atoms with Gasteiger partial charge in [-0.2, -0.15) is 0 Å². The van der Waals surface area contributed by atoms with E-state index in [4.69, 9.17) is 11.6 Å². The minimum atomic E-state index is -0.746. The first kappa shape index (κ1) is 26.7. The second kappa shape index (κ2) is 11.9. The third-order valence-electron chi connectivity index (χ3n) is 7.28. The monoisotopic (exact) mass is 545 g/mol. The van der Waals surface area contributed by atoms with Crippen molar-refractivity contribution < 1.29 is 14.4 Å². The highest BCUT2D eigenvalue weighted by atomic mass is 35.5. The molecule has 4 amide bonds. The summed E-state index contributed by atoms with van der Waals surface area (Å²) in [6.45, 7) is 3.22. The number of fused-ring (bicyclic) bond motifs is 1. The smallest absolute Gasteiger partial charge is 0.333 e. The van der Waals surface area contributed by atoms with Gasteiger partial charge in [0, 0.05) is 31.1 Å². The van der Waals surface area contributed by atoms with E-state index in [0.717, 1.165) is 16.7 Å². The fourth-order valence-corrected chi connectivity index (χ4v) is 5.53. The van der Waals surface area contributed by atoms with Crippen molar-refractivity contribution in [3.05, 3.63) is 107 Å². The molecule has 2 saturated heterocycles. The molecule has 0 spiro atoms. The van der Waals surface area contributed by atoms with Crippen LogP contribution in [0.1, 0.15) is 23.6 Å². The van der Waals surface area contributed by atoms with Crippen LogP contribution in [-0.2, 0) is 29.1 Å². The van der Waals surface area contributed by atoms with Crippen LogP contribution >= 0.6 is 11.6 Å². The number of piperazine rings is 1. The zero-order valence-electron chi connectivity index (χ0n) is 21.9. The van der Waals surface area contributed by atoms with Gasteiger partial charge in [0.25, 0.3) is 0 Å². The van der Waals surface area contributed by atoms with E-state index in [1.54, 1.807) is 25.9 Å². The Kier molecular flexibility index (Phi) is 8.14. The molecule has 2 heterocycles. The maximum atomic E-state index is 13.9. The molecule has 0 radical (unpaired) electrons. The van der Waals surface area contributed by atoms with Gasteiger partial charge in [-0.15, -0.1) is 0 Å². The Hall–Kier alpha value is -3.88. The summed E-state index contributed by atoms with van der Waals surface area (Å²) in [7, 11) is 0. The first-order valence-corrected chi connectivity index (χ1v) is 13.6. The summed E-state index contributed by atoms with van der Waals surface area (Å²) in [6.07, 6.45) is -0.303. The van der Waals surface area contributed by atoms with Crippen molar-refractivity contribution in [1.29, 1.82) is 0 Å². The molecule has 9 heteroatoms. The molecule has 3 aromatic rings. The first-order valence-electron chi connectivity index (χ1n) is 13.2. The molecule has 3 aromatic carbocycles. The van der Waals surface area contributed by atoms with Gasteiger partial charge < -0.3 is 15.1 Å². The van der Waals surface area contributed by atoms with Crippen molar-refractivity contribution in [3.8, 4) is 0 Å². The van der Waals surface area contributed by atoms with E-state index in [-0.39, 0.29) is 37.5 Å². The summed E-state index contributed by atoms with van der Waals surface area (Å²) >= 11 is 6.46. The van der Waals surface area contributed by atoms with E-state index in [1.807, 2.05) is 85.8 Å². The Balaban J connectivity index is 1.48. The lowest BCUT2D eigenvalue weighted by atomic mass is 9.98. The lowest BCUT2D eigenvalue weighted by Crippen LogP contribution is -2.76. The van der Waals surface area contributed by atoms with Crippen LogP contribution in [-0.4, -0.2) is 69.5 Å². The van der Waals surface area contributed by atoms with E-state index in [0.29, 0.717) is 24.5 Å². The summed E-state index contributed by atoms with van der Waals surface area (Å²) in [5.74, 6) is -0.321. The topological polar surface area (TPSA) is 76.2 Å². The van der Waals surface area contributed by atoms with Gasteiger partial charge >= 0.3 is 6.03 Å². The maximum Gasteiger partial charge on any atom is 0.334 e. The van der Waals surface area contributed by atoms with Crippen molar-refractivity contribution in [2.45, 2.75) is 38.6 Å². The fraction of sp³-hybridized carbons (Fsp3) is 0.300. The molecule has 202 valence electrons. The second-order valence-corrected chi connectivity index (χ2v) is 10.2. The van der Waals surface area contributed by atoms with E-state index in [9.17, 15) is 14.4 Å². The van der Waals surface area contributed by atoms with Crippen LogP contribution in [0.4, 0.5) is 4.79 Å². The molecule has 1 N–H and O–H groups in total. The van der Waals surface area contributed by atoms with E-state index < -0.39 is 12.2 Å². The van der Waals surface area contributed by atoms with Crippen LogP contribution in [0.15, 0.2) is 84.9 Å². The summed E-state index contributed by atoms with van der Waals surface area (Å²) in [4.78, 5) is 44.5. The number of hydrogen-bond donors (Lipinski definition) is 1. The number of benzene rings is 3. The fourth-order valence-electron chi connectivity index (χ4n) is 5.33. The average Bonchev–Trinajstić information content (AvgIpc) is 2.96. The Labute approximate surface area is 233 Å². The third kappa shape index (κ3) is 5.77. The van der Waals surface area contributed by atoms with Gasteiger partial charge in [-0.05, 0) is 22.8 Å². The van der Waals surface area contributed by atoms with Gasteiger partial charge in [0.1, 0.15) is 12.2 Å². The number of halogens is 1. The standard InChI is InChI=1S/C30H32ClN5O3/c1-2-34-21-28(37)35-26(17-22-11-5-3-6-12-22)29(38)33(19-24-15-9-10-16-25(24)31)20-27(35)36(34)30(39)32-18-23-13-7-4-8-14-23/h3-16,26-27H,2,17-21H2,1H3,(H,32,39)/t26-,27-/m0/s1. The molecule has 2 aliphatic heterocycles. The molecule has 2 atom stereocenters. The van der Waals surface area contributed by atoms with Crippen molar-refractivity contribution in [1.82, 2.24) is 25.1 Å². The van der Waals surface area contributed by atoms with Crippen LogP contribution < -0.4 is 5.32 Å². The molecule has 8 nitrogen and oxygen atoms in total. The van der Waals surface area contributed by atoms with Crippen molar-refractivity contribution in [2.75, 3.05) is 19.6 Å². The summed E-state index contributed by atoms with van der Waals surface area (Å²) < 4.78 is 0. The number of likely N-dealkylation sites (N-methyl/N-ethyl adjacent to an activating group) is 1. The lowest BCUT2D eigenvalue weighted by Gasteiger charge is -2.55. The number of hydrazine groups is 1. The molecule has 0 unspecified atom stereocenters. The molecule has 0 aliphatic carbocycles. The quantitative estimate of drug-likeness (QED) is 0.488. The Morgan fingerprint density at radius 2 is 1.56 bits per heavy atom. The maximum absolute atomic E-state index is 13.9. The summed E-state index contributed by atoms with van der Waals surface area (Å²) in [5, 5.41) is 6.96. The largest absolute Gasteiger partial charge is 0.334 e. The zero-order valence-corrected chi connectivity index (χ0v) is 22.6. The minimum absolute atomic E-state index is 0.0227. The molecular weight excluding hydrogens is 514 g/mol. The number of carbonyl (C=O) groups is 3. The van der Waals surface area contributed by atoms with Crippen LogP contribution in [0.2, 0.25) is 5.02 Å². The summed E-state index contributed by atoms with van der Waals surface area (Å²) in [5.41, 5.74) is 2.73. The average molecular weight is 546 g/mol. The predicted molar refractivity (Wildman–Crippen MR) is 149 cm³/mol. The molecule has 0 bridgehead atoms. The Morgan fingerprint density at radius 1 is 0.923 bits per heavy atom. The van der Waals surface area contributed by atoms with Gasteiger partial charge in [0.05, 0.1) is 13.1 Å². The minimum Gasteiger partial charge on any atom is -0.333 e. The highest BCUT2D eigenvalue weighted by Gasteiger charge is 2.51. The highest BCUT2D eigenvalue weighted by Crippen LogP contribution is 2.30. The first-order chi connectivity index (χ1) is 19.0. The third-order valence-corrected chi connectivity index (χ3v) is 7.65. The van der Waals surface area contributed by atoms with Gasteiger partial charge in [0.2, 0.25) is 11.8 Å². The molecular formula is C30H32ClN5O3. The molecule has 5 rings (SSSR count). The SMILES string of the molecule is CCN1CC(=O)N2[C@@H](Cc3ccccc3)C(=O)N(Cc3ccccc3Cl)C[C@@H]2N1C(=O)NCc1ccccc1. The van der Waals surface area contributed by atoms with E-state index in [2.05, 4.69) is 5.32 Å². The molecule has 0 saturated carbocycles. The number of nitrogens with one attached hydrogen (secondary N) is 1. The molecule has 39 heavy (non-hydrogen) atoms. The number of rotatable bonds is 7. The summed E-state index contributed by atoms with van der Waals surface area (Å²) in [6, 6.07) is 25.7. The van der Waals surface area contributed by atoms with Gasteiger partial charge in [-0.25, -0.2) is 14.8 Å². The van der Waals surface area contributed by atoms with Crippen LogP contribution in [0.5, 0.6) is 0 Å². The van der Waals surface area contributed by atoms with Crippen LogP contribution in [0.25, 0.3) is 0 Å². The van der Waals surface area contributed by atoms with Gasteiger partial charge in [-0.1, -0.05) is 97.4 Å². The van der Waals surface area contributed by atoms with Crippen molar-refractivity contribution >= 4 is 29.4 Å². The predicted octanol–water partition coefficient (Wildman–Crippen LogP) is 3.91. The number of carbonyl (C=O) groups excluding carboxylic acids is 3. The van der Waals surface area contributed by atoms with Gasteiger partial charge in [-0.3, -0.25) is 9.59 Å². The number of hydrogen-bond acceptors (Lipinski definition) is 4. The van der Waals surface area contributed by atoms with E-state index >= 15 is 0 Å². The lowest BCUT2D eigenvalue weighted by molar-refractivity contribution is -0.190. The normalized spacial score (nSPS) is 19.7.